The Bertz CT molecular complexity index is 637. The van der Waals surface area contributed by atoms with Crippen molar-refractivity contribution in [1.29, 1.82) is 0 Å². The minimum atomic E-state index is -0.293. The van der Waals surface area contributed by atoms with E-state index in [-0.39, 0.29) is 17.9 Å². The molecular weight excluding hydrogens is 244 g/mol. The molecule has 0 aliphatic heterocycles. The Hall–Kier alpha value is -2.63. The van der Waals surface area contributed by atoms with Crippen molar-refractivity contribution in [2.24, 2.45) is 5.10 Å². The van der Waals surface area contributed by atoms with Crippen LogP contribution in [0.5, 0.6) is 0 Å². The highest BCUT2D eigenvalue weighted by Gasteiger charge is 2.03. The summed E-state index contributed by atoms with van der Waals surface area (Å²) in [6, 6.07) is 9.09. The Morgan fingerprint density at radius 2 is 2.05 bits per heavy atom. The van der Waals surface area contributed by atoms with Gasteiger partial charge in [0.1, 0.15) is 0 Å². The molecule has 0 aliphatic carbocycles. The lowest BCUT2D eigenvalue weighted by molar-refractivity contribution is -0.120. The average molecular weight is 258 g/mol. The number of aromatic amines is 2. The van der Waals surface area contributed by atoms with Gasteiger partial charge in [0.15, 0.2) is 0 Å². The first-order chi connectivity index (χ1) is 9.13. The summed E-state index contributed by atoms with van der Waals surface area (Å²) in [4.78, 5) is 22.4. The number of carbonyl (C=O) groups excluding carboxylic acids is 1. The Morgan fingerprint density at radius 3 is 2.68 bits per heavy atom. The predicted molar refractivity (Wildman–Crippen MR) is 72.0 cm³/mol. The summed E-state index contributed by atoms with van der Waals surface area (Å²) in [5.74, 6) is -0.293. The molecule has 0 fully saturated rings. The number of rotatable bonds is 4. The van der Waals surface area contributed by atoms with Crippen LogP contribution in [0.1, 0.15) is 16.8 Å². The molecule has 1 aromatic heterocycles. The second-order valence-electron chi connectivity index (χ2n) is 4.16. The van der Waals surface area contributed by atoms with Crippen LogP contribution in [0.15, 0.2) is 40.2 Å². The van der Waals surface area contributed by atoms with E-state index in [2.05, 4.69) is 20.7 Å². The molecule has 6 nitrogen and oxygen atoms in total. The van der Waals surface area contributed by atoms with E-state index in [1.54, 1.807) is 6.21 Å². The van der Waals surface area contributed by atoms with Gasteiger partial charge >= 0.3 is 0 Å². The van der Waals surface area contributed by atoms with Gasteiger partial charge in [-0.25, -0.2) is 5.43 Å². The maximum absolute atomic E-state index is 11.5. The van der Waals surface area contributed by atoms with Gasteiger partial charge in [-0.15, -0.1) is 0 Å². The van der Waals surface area contributed by atoms with Gasteiger partial charge in [0.2, 0.25) is 5.91 Å². The van der Waals surface area contributed by atoms with E-state index in [1.807, 2.05) is 31.2 Å². The molecule has 6 heteroatoms. The molecule has 19 heavy (non-hydrogen) atoms. The minimum absolute atomic E-state index is 0.0734. The molecule has 2 aromatic rings. The van der Waals surface area contributed by atoms with Crippen molar-refractivity contribution in [2.75, 3.05) is 0 Å². The minimum Gasteiger partial charge on any atom is -0.302 e. The molecule has 0 saturated carbocycles. The summed E-state index contributed by atoms with van der Waals surface area (Å²) >= 11 is 0. The van der Waals surface area contributed by atoms with Crippen molar-refractivity contribution in [3.8, 4) is 0 Å². The van der Waals surface area contributed by atoms with Gasteiger partial charge in [-0.3, -0.25) is 14.7 Å². The third-order valence-electron chi connectivity index (χ3n) is 2.48. The number of nitrogens with one attached hydrogen (secondary N) is 3. The van der Waals surface area contributed by atoms with Gasteiger partial charge < -0.3 is 5.10 Å². The van der Waals surface area contributed by atoms with Crippen LogP contribution in [0, 0.1) is 6.92 Å². The number of amides is 1. The molecule has 1 aromatic carbocycles. The lowest BCUT2D eigenvalue weighted by atomic mass is 10.2. The van der Waals surface area contributed by atoms with Gasteiger partial charge in [-0.1, -0.05) is 29.8 Å². The highest BCUT2D eigenvalue weighted by atomic mass is 16.2. The van der Waals surface area contributed by atoms with Gasteiger partial charge in [0, 0.05) is 11.8 Å². The fraction of sp³-hybridized carbons (Fsp3) is 0.154. The van der Waals surface area contributed by atoms with E-state index in [1.165, 1.54) is 6.07 Å². The van der Waals surface area contributed by atoms with Crippen molar-refractivity contribution in [1.82, 2.24) is 15.6 Å². The highest BCUT2D eigenvalue weighted by Crippen LogP contribution is 1.99. The zero-order chi connectivity index (χ0) is 13.7. The number of aromatic nitrogens is 2. The van der Waals surface area contributed by atoms with Crippen LogP contribution in [0.4, 0.5) is 0 Å². The van der Waals surface area contributed by atoms with E-state index in [0.717, 1.165) is 11.1 Å². The van der Waals surface area contributed by atoms with Crippen LogP contribution in [-0.2, 0) is 11.2 Å². The molecule has 0 spiro atoms. The van der Waals surface area contributed by atoms with Gasteiger partial charge in [0.25, 0.3) is 5.56 Å². The second kappa shape index (κ2) is 5.81. The summed E-state index contributed by atoms with van der Waals surface area (Å²) in [6.45, 7) is 2.00. The molecule has 2 rings (SSSR count). The molecule has 0 unspecified atom stereocenters. The van der Waals surface area contributed by atoms with E-state index in [4.69, 9.17) is 0 Å². The Balaban J connectivity index is 1.86. The van der Waals surface area contributed by atoms with Crippen LogP contribution < -0.4 is 11.0 Å². The zero-order valence-electron chi connectivity index (χ0n) is 10.4. The Labute approximate surface area is 109 Å². The highest BCUT2D eigenvalue weighted by molar-refractivity contribution is 5.83. The van der Waals surface area contributed by atoms with Gasteiger partial charge in [-0.05, 0) is 12.5 Å². The van der Waals surface area contributed by atoms with Crippen molar-refractivity contribution >= 4 is 12.1 Å². The molecule has 0 saturated heterocycles. The fourth-order valence-electron chi connectivity index (χ4n) is 1.51. The van der Waals surface area contributed by atoms with Crippen LogP contribution >= 0.6 is 0 Å². The molecule has 0 aliphatic rings. The Kier molecular flexibility index (Phi) is 3.92. The fourth-order valence-corrected chi connectivity index (χ4v) is 1.51. The van der Waals surface area contributed by atoms with Crippen LogP contribution in [-0.4, -0.2) is 22.3 Å². The van der Waals surface area contributed by atoms with Crippen molar-refractivity contribution < 1.29 is 4.79 Å². The maximum Gasteiger partial charge on any atom is 0.264 e. The number of aryl methyl sites for hydroxylation is 1. The summed E-state index contributed by atoms with van der Waals surface area (Å²) in [7, 11) is 0. The molecule has 1 heterocycles. The number of benzene rings is 1. The summed E-state index contributed by atoms with van der Waals surface area (Å²) < 4.78 is 0. The number of hydrogen-bond acceptors (Lipinski definition) is 3. The smallest absolute Gasteiger partial charge is 0.264 e. The first-order valence-electron chi connectivity index (χ1n) is 5.78. The van der Waals surface area contributed by atoms with E-state index >= 15 is 0 Å². The molecule has 0 radical (unpaired) electrons. The molecule has 0 atom stereocenters. The van der Waals surface area contributed by atoms with E-state index in [9.17, 15) is 9.59 Å². The van der Waals surface area contributed by atoms with Crippen LogP contribution in [0.2, 0.25) is 0 Å². The van der Waals surface area contributed by atoms with E-state index in [0.29, 0.717) is 5.69 Å². The summed E-state index contributed by atoms with van der Waals surface area (Å²) in [5, 5.41) is 8.81. The zero-order valence-corrected chi connectivity index (χ0v) is 10.4. The standard InChI is InChI=1S/C13H14N4O2/c1-9-2-4-10(5-3-9)8-14-16-12(18)6-11-7-13(19)17-15-11/h2-5,7-8H,6H2,1H3,(H,16,18)(H2,15,17,19)/b14-8+. The van der Waals surface area contributed by atoms with Crippen LogP contribution in [0.25, 0.3) is 0 Å². The van der Waals surface area contributed by atoms with Gasteiger partial charge in [0.05, 0.1) is 12.6 Å². The average Bonchev–Trinajstić information content (AvgIpc) is 2.77. The lowest BCUT2D eigenvalue weighted by Gasteiger charge is -1.97. The number of hydrogen-bond donors (Lipinski definition) is 3. The van der Waals surface area contributed by atoms with Gasteiger partial charge in [-0.2, -0.15) is 5.10 Å². The molecule has 1 amide bonds. The van der Waals surface area contributed by atoms with Crippen molar-refractivity contribution in [3.05, 3.63) is 57.5 Å². The summed E-state index contributed by atoms with van der Waals surface area (Å²) in [6.07, 6.45) is 1.64. The number of nitrogens with zero attached hydrogens (tertiary/aromatic N) is 1. The lowest BCUT2D eigenvalue weighted by Crippen LogP contribution is -2.20. The Morgan fingerprint density at radius 1 is 1.32 bits per heavy atom. The SMILES string of the molecule is Cc1ccc(/C=N/NC(=O)Cc2cc(=O)[nH][nH]2)cc1. The molecule has 0 bridgehead atoms. The van der Waals surface area contributed by atoms with Crippen LogP contribution in [0.3, 0.4) is 0 Å². The van der Waals surface area contributed by atoms with Crippen molar-refractivity contribution in [3.63, 3.8) is 0 Å². The number of H-pyrrole nitrogens is 2. The monoisotopic (exact) mass is 258 g/mol. The molecule has 3 N–H and O–H groups in total. The third-order valence-corrected chi connectivity index (χ3v) is 2.48. The first-order valence-corrected chi connectivity index (χ1v) is 5.78. The third kappa shape index (κ3) is 3.95. The predicted octanol–water partition coefficient (Wildman–Crippen LogP) is 0.704. The quantitative estimate of drug-likeness (QED) is 0.556. The van der Waals surface area contributed by atoms with E-state index < -0.39 is 0 Å². The summed E-state index contributed by atoms with van der Waals surface area (Å²) in [5.41, 5.74) is 4.73. The normalized spacial score (nSPS) is 10.8. The second-order valence-corrected chi connectivity index (χ2v) is 4.16. The van der Waals surface area contributed by atoms with Crippen molar-refractivity contribution in [2.45, 2.75) is 13.3 Å². The maximum atomic E-state index is 11.5. The first kappa shape index (κ1) is 12.8. The largest absolute Gasteiger partial charge is 0.302 e. The molecule has 98 valence electrons. The number of hydrazone groups is 1. The molecular formula is C13H14N4O2. The topological polar surface area (TPSA) is 90.1 Å². The number of carbonyl (C=O) groups is 1.